The average Bonchev–Trinajstić information content (AvgIpc) is 2.44. The summed E-state index contributed by atoms with van der Waals surface area (Å²) >= 11 is 5.96. The van der Waals surface area contributed by atoms with Crippen molar-refractivity contribution in [3.05, 3.63) is 69.7 Å². The number of halogens is 3. The van der Waals surface area contributed by atoms with E-state index in [0.29, 0.717) is 23.1 Å². The maximum atomic E-state index is 14.2. The van der Waals surface area contributed by atoms with Crippen LogP contribution in [-0.4, -0.2) is 7.05 Å². The van der Waals surface area contributed by atoms with Crippen molar-refractivity contribution < 1.29 is 8.78 Å². The van der Waals surface area contributed by atoms with Crippen molar-refractivity contribution in [2.45, 2.75) is 19.4 Å². The van der Waals surface area contributed by atoms with Gasteiger partial charge >= 0.3 is 0 Å². The molecule has 0 saturated carbocycles. The summed E-state index contributed by atoms with van der Waals surface area (Å²) in [7, 11) is 1.75. The standard InChI is InChI=1S/C16H16ClF2N/c1-10-5-3-7-12(16(10)19)14(20-2)9-11-6-4-8-13(18)15(11)17/h3-8,14,20H,9H2,1-2H3. The van der Waals surface area contributed by atoms with Crippen LogP contribution in [0.25, 0.3) is 0 Å². The Kier molecular flexibility index (Phi) is 4.73. The first-order valence-corrected chi connectivity index (χ1v) is 6.77. The van der Waals surface area contributed by atoms with Gasteiger partial charge in [0.1, 0.15) is 11.6 Å². The number of likely N-dealkylation sites (N-methyl/N-ethyl adjacent to an activating group) is 1. The summed E-state index contributed by atoms with van der Waals surface area (Å²) in [5.74, 6) is -0.692. The lowest BCUT2D eigenvalue weighted by Gasteiger charge is -2.19. The molecule has 2 aromatic carbocycles. The van der Waals surface area contributed by atoms with Crippen LogP contribution in [0.5, 0.6) is 0 Å². The predicted octanol–water partition coefficient (Wildman–Crippen LogP) is 4.43. The first-order chi connectivity index (χ1) is 9.54. The fourth-order valence-corrected chi connectivity index (χ4v) is 2.44. The van der Waals surface area contributed by atoms with Crippen LogP contribution in [0.2, 0.25) is 5.02 Å². The summed E-state index contributed by atoms with van der Waals surface area (Å²) in [6.45, 7) is 1.72. The van der Waals surface area contributed by atoms with Crippen molar-refractivity contribution in [2.75, 3.05) is 7.05 Å². The van der Waals surface area contributed by atoms with Crippen molar-refractivity contribution in [1.29, 1.82) is 0 Å². The van der Waals surface area contributed by atoms with Gasteiger partial charge in [-0.3, -0.25) is 0 Å². The van der Waals surface area contributed by atoms with E-state index < -0.39 is 5.82 Å². The summed E-state index contributed by atoms with van der Waals surface area (Å²) < 4.78 is 27.6. The van der Waals surface area contributed by atoms with E-state index >= 15 is 0 Å². The van der Waals surface area contributed by atoms with Crippen LogP contribution in [-0.2, 0) is 6.42 Å². The first kappa shape index (κ1) is 14.9. The normalized spacial score (nSPS) is 12.4. The quantitative estimate of drug-likeness (QED) is 0.880. The summed E-state index contributed by atoms with van der Waals surface area (Å²) in [6, 6.07) is 9.68. The van der Waals surface area contributed by atoms with Crippen LogP contribution < -0.4 is 5.32 Å². The number of rotatable bonds is 4. The molecule has 0 aliphatic heterocycles. The fraction of sp³-hybridized carbons (Fsp3) is 0.250. The lowest BCUT2D eigenvalue weighted by Crippen LogP contribution is -2.20. The van der Waals surface area contributed by atoms with Crippen molar-refractivity contribution >= 4 is 11.6 Å². The Bertz CT molecular complexity index is 613. The second-order valence-electron chi connectivity index (χ2n) is 4.74. The third-order valence-electron chi connectivity index (χ3n) is 3.40. The Hall–Kier alpha value is -1.45. The van der Waals surface area contributed by atoms with Crippen LogP contribution in [0.3, 0.4) is 0 Å². The first-order valence-electron chi connectivity index (χ1n) is 6.39. The van der Waals surface area contributed by atoms with Gasteiger partial charge in [-0.2, -0.15) is 0 Å². The smallest absolute Gasteiger partial charge is 0.142 e. The molecule has 1 nitrogen and oxygen atoms in total. The van der Waals surface area contributed by atoms with Gasteiger partial charge in [-0.05, 0) is 37.6 Å². The van der Waals surface area contributed by atoms with Gasteiger partial charge < -0.3 is 5.32 Å². The topological polar surface area (TPSA) is 12.0 Å². The van der Waals surface area contributed by atoms with Crippen LogP contribution >= 0.6 is 11.6 Å². The molecule has 1 N–H and O–H groups in total. The molecule has 2 aromatic rings. The Morgan fingerprint density at radius 3 is 2.55 bits per heavy atom. The molecule has 1 atom stereocenters. The van der Waals surface area contributed by atoms with Gasteiger partial charge in [0.05, 0.1) is 5.02 Å². The highest BCUT2D eigenvalue weighted by Gasteiger charge is 2.17. The summed E-state index contributed by atoms with van der Waals surface area (Å²) in [4.78, 5) is 0. The summed E-state index contributed by atoms with van der Waals surface area (Å²) in [5, 5.41) is 3.16. The van der Waals surface area contributed by atoms with E-state index in [9.17, 15) is 8.78 Å². The molecule has 0 saturated heterocycles. The Balaban J connectivity index is 2.34. The molecular formula is C16H16ClF2N. The van der Waals surface area contributed by atoms with Gasteiger partial charge in [-0.15, -0.1) is 0 Å². The van der Waals surface area contributed by atoms with E-state index in [0.717, 1.165) is 0 Å². The molecule has 0 aromatic heterocycles. The third kappa shape index (κ3) is 3.00. The number of hydrogen-bond donors (Lipinski definition) is 1. The predicted molar refractivity (Wildman–Crippen MR) is 78.1 cm³/mol. The van der Waals surface area contributed by atoms with E-state index in [2.05, 4.69) is 5.32 Å². The average molecular weight is 296 g/mol. The van der Waals surface area contributed by atoms with Gasteiger partial charge in [0.15, 0.2) is 0 Å². The number of benzene rings is 2. The SMILES string of the molecule is CNC(Cc1cccc(F)c1Cl)c1cccc(C)c1F. The molecule has 0 aliphatic carbocycles. The summed E-state index contributed by atoms with van der Waals surface area (Å²) in [6.07, 6.45) is 0.424. The molecule has 2 rings (SSSR count). The molecule has 106 valence electrons. The molecule has 20 heavy (non-hydrogen) atoms. The molecule has 0 spiro atoms. The maximum absolute atomic E-state index is 14.2. The van der Waals surface area contributed by atoms with Crippen molar-refractivity contribution in [3.8, 4) is 0 Å². The number of nitrogens with one attached hydrogen (secondary N) is 1. The fourth-order valence-electron chi connectivity index (χ4n) is 2.23. The number of aryl methyl sites for hydroxylation is 1. The highest BCUT2D eigenvalue weighted by molar-refractivity contribution is 6.31. The van der Waals surface area contributed by atoms with Crippen molar-refractivity contribution in [2.24, 2.45) is 0 Å². The van der Waals surface area contributed by atoms with Gasteiger partial charge in [0.2, 0.25) is 0 Å². The van der Waals surface area contributed by atoms with Gasteiger partial charge in [-0.1, -0.05) is 41.9 Å². The molecule has 4 heteroatoms. The van der Waals surface area contributed by atoms with Gasteiger partial charge in [0, 0.05) is 11.6 Å². The molecule has 0 radical (unpaired) electrons. The second kappa shape index (κ2) is 6.33. The van der Waals surface area contributed by atoms with Crippen LogP contribution in [0.1, 0.15) is 22.7 Å². The maximum Gasteiger partial charge on any atom is 0.142 e. The Labute approximate surface area is 122 Å². The van der Waals surface area contributed by atoms with Crippen LogP contribution in [0.15, 0.2) is 36.4 Å². The second-order valence-corrected chi connectivity index (χ2v) is 5.11. The van der Waals surface area contributed by atoms with E-state index in [-0.39, 0.29) is 16.9 Å². The zero-order valence-electron chi connectivity index (χ0n) is 11.4. The molecule has 0 fully saturated rings. The van der Waals surface area contributed by atoms with Gasteiger partial charge in [0.25, 0.3) is 0 Å². The molecule has 1 unspecified atom stereocenters. The van der Waals surface area contributed by atoms with Crippen LogP contribution in [0, 0.1) is 18.6 Å². The summed E-state index contributed by atoms with van der Waals surface area (Å²) in [5.41, 5.74) is 1.81. The number of hydrogen-bond acceptors (Lipinski definition) is 1. The van der Waals surface area contributed by atoms with Crippen molar-refractivity contribution in [1.82, 2.24) is 5.32 Å². The van der Waals surface area contributed by atoms with Crippen LogP contribution in [0.4, 0.5) is 8.78 Å². The molecule has 0 heterocycles. The Morgan fingerprint density at radius 1 is 1.15 bits per heavy atom. The molecule has 0 amide bonds. The molecule has 0 bridgehead atoms. The lowest BCUT2D eigenvalue weighted by atomic mass is 9.97. The van der Waals surface area contributed by atoms with E-state index in [1.165, 1.54) is 6.07 Å². The minimum absolute atomic E-state index is 0.0980. The lowest BCUT2D eigenvalue weighted by molar-refractivity contribution is 0.528. The van der Waals surface area contributed by atoms with E-state index in [1.807, 2.05) is 6.07 Å². The molecule has 0 aliphatic rings. The highest BCUT2D eigenvalue weighted by atomic mass is 35.5. The zero-order valence-corrected chi connectivity index (χ0v) is 12.1. The third-order valence-corrected chi connectivity index (χ3v) is 3.82. The van der Waals surface area contributed by atoms with E-state index in [4.69, 9.17) is 11.6 Å². The highest BCUT2D eigenvalue weighted by Crippen LogP contribution is 2.27. The monoisotopic (exact) mass is 295 g/mol. The molecular weight excluding hydrogens is 280 g/mol. The van der Waals surface area contributed by atoms with E-state index in [1.54, 1.807) is 38.2 Å². The Morgan fingerprint density at radius 2 is 1.85 bits per heavy atom. The zero-order chi connectivity index (χ0) is 14.7. The van der Waals surface area contributed by atoms with Crippen molar-refractivity contribution in [3.63, 3.8) is 0 Å². The minimum atomic E-state index is -0.455. The minimum Gasteiger partial charge on any atom is -0.313 e. The van der Waals surface area contributed by atoms with Gasteiger partial charge in [-0.25, -0.2) is 8.78 Å². The largest absolute Gasteiger partial charge is 0.313 e.